The Morgan fingerprint density at radius 3 is 2.60 bits per heavy atom. The zero-order valence-electron chi connectivity index (χ0n) is 9.65. The average molecular weight is 213 g/mol. The van der Waals surface area contributed by atoms with Crippen molar-refractivity contribution in [3.8, 4) is 0 Å². The van der Waals surface area contributed by atoms with E-state index in [1.165, 1.54) is 12.8 Å². The Kier molecular flexibility index (Phi) is 3.33. The summed E-state index contributed by atoms with van der Waals surface area (Å²) in [5.41, 5.74) is -0.429. The fraction of sp³-hybridized carbons (Fsp3) is 1.00. The third kappa shape index (κ3) is 2.71. The molecule has 2 fully saturated rings. The van der Waals surface area contributed by atoms with E-state index < -0.39 is 5.60 Å². The van der Waals surface area contributed by atoms with Crippen molar-refractivity contribution < 1.29 is 10.2 Å². The highest BCUT2D eigenvalue weighted by molar-refractivity contribution is 4.89. The molecule has 15 heavy (non-hydrogen) atoms. The van der Waals surface area contributed by atoms with Gasteiger partial charge in [0, 0.05) is 19.6 Å². The number of hydrogen-bond donors (Lipinski definition) is 2. The predicted molar refractivity (Wildman–Crippen MR) is 59.6 cm³/mol. The molecule has 1 heterocycles. The molecule has 1 saturated heterocycles. The highest BCUT2D eigenvalue weighted by Crippen LogP contribution is 2.31. The zero-order valence-corrected chi connectivity index (χ0v) is 9.65. The Hall–Kier alpha value is -0.120. The lowest BCUT2D eigenvalue weighted by atomic mass is 9.94. The maximum Gasteiger partial charge on any atom is 0.0774 e. The fourth-order valence-corrected chi connectivity index (χ4v) is 2.97. The van der Waals surface area contributed by atoms with E-state index in [1.54, 1.807) is 0 Å². The number of aliphatic hydroxyl groups is 2. The molecule has 3 nitrogen and oxygen atoms in total. The molecule has 2 atom stereocenters. The lowest BCUT2D eigenvalue weighted by Gasteiger charge is -2.38. The maximum absolute atomic E-state index is 10.3. The van der Waals surface area contributed by atoms with Gasteiger partial charge in [0.1, 0.15) is 0 Å². The molecule has 2 N–H and O–H groups in total. The lowest BCUT2D eigenvalue weighted by molar-refractivity contribution is -0.0263. The molecular formula is C12H23NO2. The van der Waals surface area contributed by atoms with Gasteiger partial charge in [-0.1, -0.05) is 19.8 Å². The summed E-state index contributed by atoms with van der Waals surface area (Å²) in [6.07, 6.45) is 4.97. The van der Waals surface area contributed by atoms with E-state index in [1.807, 2.05) is 0 Å². The Morgan fingerprint density at radius 2 is 2.00 bits per heavy atom. The molecule has 3 heteroatoms. The highest BCUT2D eigenvalue weighted by atomic mass is 16.3. The second-order valence-electron chi connectivity index (χ2n) is 5.50. The summed E-state index contributed by atoms with van der Waals surface area (Å²) in [7, 11) is 0. The quantitative estimate of drug-likeness (QED) is 0.719. The van der Waals surface area contributed by atoms with Crippen molar-refractivity contribution in [2.75, 3.05) is 19.6 Å². The van der Waals surface area contributed by atoms with Gasteiger partial charge < -0.3 is 15.1 Å². The summed E-state index contributed by atoms with van der Waals surface area (Å²) >= 11 is 0. The first-order chi connectivity index (χ1) is 7.09. The van der Waals surface area contributed by atoms with Gasteiger partial charge in [-0.3, -0.25) is 0 Å². The van der Waals surface area contributed by atoms with Gasteiger partial charge in [-0.15, -0.1) is 0 Å². The van der Waals surface area contributed by atoms with Crippen molar-refractivity contribution in [1.29, 1.82) is 0 Å². The molecule has 0 spiro atoms. The van der Waals surface area contributed by atoms with E-state index in [0.29, 0.717) is 5.92 Å². The number of piperidine rings is 1. The van der Waals surface area contributed by atoms with E-state index >= 15 is 0 Å². The van der Waals surface area contributed by atoms with Crippen molar-refractivity contribution in [3.63, 3.8) is 0 Å². The van der Waals surface area contributed by atoms with Crippen molar-refractivity contribution >= 4 is 0 Å². The second kappa shape index (κ2) is 4.40. The van der Waals surface area contributed by atoms with Crippen LogP contribution in [0, 0.1) is 5.92 Å². The first-order valence-electron chi connectivity index (χ1n) is 6.22. The first kappa shape index (κ1) is 11.4. The second-order valence-corrected chi connectivity index (χ2v) is 5.50. The van der Waals surface area contributed by atoms with Gasteiger partial charge in [0.2, 0.25) is 0 Å². The summed E-state index contributed by atoms with van der Waals surface area (Å²) in [4.78, 5) is 2.32. The number of aliphatic hydroxyl groups excluding tert-OH is 1. The third-order valence-corrected chi connectivity index (χ3v) is 4.00. The van der Waals surface area contributed by atoms with E-state index in [2.05, 4.69) is 11.8 Å². The Morgan fingerprint density at radius 1 is 1.33 bits per heavy atom. The lowest BCUT2D eigenvalue weighted by Crippen LogP contribution is -2.48. The number of likely N-dealkylation sites (tertiary alicyclic amines) is 1. The van der Waals surface area contributed by atoms with Gasteiger partial charge in [0.15, 0.2) is 0 Å². The molecule has 0 amide bonds. The van der Waals surface area contributed by atoms with Crippen LogP contribution >= 0.6 is 0 Å². The van der Waals surface area contributed by atoms with Crippen molar-refractivity contribution in [1.82, 2.24) is 4.90 Å². The van der Waals surface area contributed by atoms with Gasteiger partial charge in [0.05, 0.1) is 11.7 Å². The molecule has 0 aromatic rings. The van der Waals surface area contributed by atoms with Crippen LogP contribution in [0.25, 0.3) is 0 Å². The van der Waals surface area contributed by atoms with Gasteiger partial charge in [-0.25, -0.2) is 0 Å². The first-order valence-corrected chi connectivity index (χ1v) is 6.22. The van der Waals surface area contributed by atoms with Gasteiger partial charge in [0.25, 0.3) is 0 Å². The molecule has 0 aromatic heterocycles. The number of rotatable bonds is 2. The van der Waals surface area contributed by atoms with Crippen molar-refractivity contribution in [2.24, 2.45) is 5.92 Å². The Labute approximate surface area is 92.1 Å². The Bertz CT molecular complexity index is 214. The number of hydrogen-bond acceptors (Lipinski definition) is 3. The molecule has 88 valence electrons. The van der Waals surface area contributed by atoms with Crippen LogP contribution in [0.4, 0.5) is 0 Å². The average Bonchev–Trinajstić information content (AvgIpc) is 2.59. The molecule has 1 aliphatic carbocycles. The smallest absolute Gasteiger partial charge is 0.0774 e. The number of nitrogens with zero attached hydrogens (tertiary/aromatic N) is 1. The summed E-state index contributed by atoms with van der Waals surface area (Å²) in [5.74, 6) is 0.351. The number of β-amino-alcohol motifs (C(OH)–C–C–N with tert-alkyl or cyclic N) is 1. The van der Waals surface area contributed by atoms with Crippen LogP contribution in [0.1, 0.15) is 39.0 Å². The molecule has 0 bridgehead atoms. The molecule has 2 rings (SSSR count). The summed E-state index contributed by atoms with van der Waals surface area (Å²) in [6, 6.07) is 0. The van der Waals surface area contributed by atoms with Crippen LogP contribution in [0.5, 0.6) is 0 Å². The third-order valence-electron chi connectivity index (χ3n) is 4.00. The predicted octanol–water partition coefficient (Wildman–Crippen LogP) is 0.994. The Balaban J connectivity index is 1.84. The highest BCUT2D eigenvalue weighted by Gasteiger charge is 2.35. The van der Waals surface area contributed by atoms with Crippen LogP contribution in [0.3, 0.4) is 0 Å². The molecule has 2 unspecified atom stereocenters. The van der Waals surface area contributed by atoms with E-state index in [0.717, 1.165) is 38.9 Å². The van der Waals surface area contributed by atoms with Crippen LogP contribution in [-0.4, -0.2) is 46.5 Å². The van der Waals surface area contributed by atoms with Crippen molar-refractivity contribution in [2.45, 2.75) is 50.7 Å². The SMILES string of the molecule is CC1CN(CC2(O)CCCC2)CCC1O. The van der Waals surface area contributed by atoms with Crippen LogP contribution in [-0.2, 0) is 0 Å². The fourth-order valence-electron chi connectivity index (χ4n) is 2.97. The summed E-state index contributed by atoms with van der Waals surface area (Å²) in [5, 5.41) is 19.9. The van der Waals surface area contributed by atoms with Crippen LogP contribution in [0.2, 0.25) is 0 Å². The van der Waals surface area contributed by atoms with E-state index in [4.69, 9.17) is 0 Å². The topological polar surface area (TPSA) is 43.7 Å². The minimum Gasteiger partial charge on any atom is -0.393 e. The van der Waals surface area contributed by atoms with E-state index in [9.17, 15) is 10.2 Å². The summed E-state index contributed by atoms with van der Waals surface area (Å²) in [6.45, 7) is 4.77. The standard InChI is InChI=1S/C12H23NO2/c1-10-8-13(7-4-11(10)14)9-12(15)5-2-3-6-12/h10-11,14-15H,2-9H2,1H3. The molecule has 1 aliphatic heterocycles. The minimum atomic E-state index is -0.429. The van der Waals surface area contributed by atoms with Crippen LogP contribution in [0.15, 0.2) is 0 Å². The molecular weight excluding hydrogens is 190 g/mol. The van der Waals surface area contributed by atoms with Crippen molar-refractivity contribution in [3.05, 3.63) is 0 Å². The van der Waals surface area contributed by atoms with Gasteiger partial charge in [-0.05, 0) is 25.2 Å². The largest absolute Gasteiger partial charge is 0.393 e. The maximum atomic E-state index is 10.3. The molecule has 0 aromatic carbocycles. The van der Waals surface area contributed by atoms with Gasteiger partial charge >= 0.3 is 0 Å². The normalized spacial score (nSPS) is 37.0. The molecule has 2 aliphatic rings. The van der Waals surface area contributed by atoms with Crippen LogP contribution < -0.4 is 0 Å². The van der Waals surface area contributed by atoms with Gasteiger partial charge in [-0.2, -0.15) is 0 Å². The van der Waals surface area contributed by atoms with E-state index in [-0.39, 0.29) is 6.10 Å². The minimum absolute atomic E-state index is 0.139. The monoisotopic (exact) mass is 213 g/mol. The molecule has 0 radical (unpaired) electrons. The zero-order chi connectivity index (χ0) is 10.9. The molecule has 1 saturated carbocycles. The summed E-state index contributed by atoms with van der Waals surface area (Å²) < 4.78 is 0.